The van der Waals surface area contributed by atoms with Crippen LogP contribution in [0.2, 0.25) is 0 Å². The molecule has 0 saturated heterocycles. The van der Waals surface area contributed by atoms with Crippen molar-refractivity contribution >= 4 is 21.8 Å². The van der Waals surface area contributed by atoms with Crippen LogP contribution in [0, 0.1) is 19.7 Å². The van der Waals surface area contributed by atoms with Gasteiger partial charge in [0.2, 0.25) is 0 Å². The number of nitrogens with zero attached hydrogens (tertiary/aromatic N) is 4. The number of hydrogen-bond acceptors (Lipinski definition) is 3. The van der Waals surface area contributed by atoms with Crippen LogP contribution in [0.4, 0.5) is 4.39 Å². The van der Waals surface area contributed by atoms with Gasteiger partial charge in [0.25, 0.3) is 0 Å². The van der Waals surface area contributed by atoms with Crippen molar-refractivity contribution in [2.24, 2.45) is 0 Å². The predicted molar refractivity (Wildman–Crippen MR) is 157 cm³/mol. The van der Waals surface area contributed by atoms with Crippen LogP contribution < -0.4 is 4.74 Å². The van der Waals surface area contributed by atoms with E-state index in [2.05, 4.69) is 24.0 Å². The van der Waals surface area contributed by atoms with Crippen molar-refractivity contribution in [2.75, 3.05) is 0 Å². The SMILES string of the molecule is [2H]c1ccc2c(c1)c1ccc(Oc3cccc(-n4nc(C)c(-c5ccccc5)c4C)c3)cc1n2-c1cc(F)ccn1. The number of aromatic nitrogens is 4. The molecule has 0 unspecified atom stereocenters. The lowest BCUT2D eigenvalue weighted by atomic mass is 10.0. The Balaban J connectivity index is 1.30. The van der Waals surface area contributed by atoms with Crippen molar-refractivity contribution < 1.29 is 10.5 Å². The van der Waals surface area contributed by atoms with Crippen LogP contribution in [-0.2, 0) is 0 Å². The quantitative estimate of drug-likeness (QED) is 0.226. The first kappa shape index (κ1) is 22.7. The first-order chi connectivity index (χ1) is 20.0. The summed E-state index contributed by atoms with van der Waals surface area (Å²) in [6, 6.07) is 32.5. The molecule has 0 saturated carbocycles. The third kappa shape index (κ3) is 4.01. The number of halogens is 1. The van der Waals surface area contributed by atoms with E-state index >= 15 is 0 Å². The van der Waals surface area contributed by atoms with E-state index in [1.807, 2.05) is 89.0 Å². The zero-order valence-corrected chi connectivity index (χ0v) is 22.0. The van der Waals surface area contributed by atoms with Crippen LogP contribution in [0.15, 0.2) is 115 Å². The van der Waals surface area contributed by atoms with E-state index in [1.54, 1.807) is 6.07 Å². The van der Waals surface area contributed by atoms with Crippen LogP contribution in [0.25, 0.3) is 44.4 Å². The van der Waals surface area contributed by atoms with Gasteiger partial charge in [-0.15, -0.1) is 0 Å². The number of aryl methyl sites for hydroxylation is 1. The van der Waals surface area contributed by atoms with Gasteiger partial charge in [-0.3, -0.25) is 4.57 Å². The predicted octanol–water partition coefficient (Wildman–Crippen LogP) is 8.58. The number of rotatable bonds is 5. The van der Waals surface area contributed by atoms with Crippen molar-refractivity contribution in [2.45, 2.75) is 13.8 Å². The molecular weight excluding hydrogens is 499 g/mol. The summed E-state index contributed by atoms with van der Waals surface area (Å²) in [5, 5.41) is 6.66. The summed E-state index contributed by atoms with van der Waals surface area (Å²) < 4.78 is 32.6. The van der Waals surface area contributed by atoms with E-state index in [1.165, 1.54) is 18.3 Å². The maximum Gasteiger partial charge on any atom is 0.140 e. The highest BCUT2D eigenvalue weighted by Gasteiger charge is 2.16. The van der Waals surface area contributed by atoms with Gasteiger partial charge in [0, 0.05) is 46.4 Å². The molecule has 0 fully saturated rings. The smallest absolute Gasteiger partial charge is 0.140 e. The lowest BCUT2D eigenvalue weighted by Gasteiger charge is -2.11. The third-order valence-electron chi connectivity index (χ3n) is 7.17. The van der Waals surface area contributed by atoms with E-state index in [9.17, 15) is 4.39 Å². The summed E-state index contributed by atoms with van der Waals surface area (Å²) in [6.45, 7) is 4.10. The maximum absolute atomic E-state index is 14.2. The topological polar surface area (TPSA) is 44.9 Å². The van der Waals surface area contributed by atoms with Gasteiger partial charge < -0.3 is 4.74 Å². The second-order valence-electron chi connectivity index (χ2n) is 9.71. The molecule has 0 N–H and O–H groups in total. The van der Waals surface area contributed by atoms with Gasteiger partial charge in [-0.05, 0) is 55.8 Å². The molecule has 7 rings (SSSR count). The normalized spacial score (nSPS) is 11.7. The molecule has 7 aromatic rings. The highest BCUT2D eigenvalue weighted by atomic mass is 19.1. The Labute approximate surface area is 232 Å². The molecule has 3 aromatic heterocycles. The molecule has 3 heterocycles. The first-order valence-corrected chi connectivity index (χ1v) is 13.0. The Morgan fingerprint density at radius 3 is 2.45 bits per heavy atom. The molecule has 0 radical (unpaired) electrons. The van der Waals surface area contributed by atoms with E-state index in [0.29, 0.717) is 23.4 Å². The Bertz CT molecular complexity index is 2080. The second-order valence-corrected chi connectivity index (χ2v) is 9.71. The lowest BCUT2D eigenvalue weighted by Crippen LogP contribution is -1.99. The van der Waals surface area contributed by atoms with Crippen LogP contribution in [-0.4, -0.2) is 19.3 Å². The van der Waals surface area contributed by atoms with E-state index in [-0.39, 0.29) is 5.82 Å². The molecule has 6 heteroatoms. The van der Waals surface area contributed by atoms with Crippen molar-refractivity contribution in [3.8, 4) is 34.1 Å². The van der Waals surface area contributed by atoms with Crippen molar-refractivity contribution in [1.82, 2.24) is 19.3 Å². The standard InChI is InChI=1S/C34H25FN4O/c1-22-34(24-9-4-3-5-10-24)23(2)39(37-22)26-11-8-12-27(20-26)40-28-15-16-30-29-13-6-7-14-31(29)38(32(30)21-28)33-19-25(35)17-18-36-33/h3-21H,1-2H3/i6D. The summed E-state index contributed by atoms with van der Waals surface area (Å²) in [5.41, 5.74) is 6.81. The molecule has 5 nitrogen and oxygen atoms in total. The Morgan fingerprint density at radius 1 is 0.775 bits per heavy atom. The van der Waals surface area contributed by atoms with Crippen LogP contribution in [0.3, 0.4) is 0 Å². The minimum Gasteiger partial charge on any atom is -0.457 e. The number of benzene rings is 4. The maximum atomic E-state index is 14.2. The van der Waals surface area contributed by atoms with Gasteiger partial charge >= 0.3 is 0 Å². The number of ether oxygens (including phenoxy) is 1. The first-order valence-electron chi connectivity index (χ1n) is 13.5. The molecule has 0 aliphatic rings. The van der Waals surface area contributed by atoms with Crippen molar-refractivity contribution in [3.63, 3.8) is 0 Å². The molecule has 0 spiro atoms. The fourth-order valence-electron chi connectivity index (χ4n) is 5.44. The van der Waals surface area contributed by atoms with Crippen LogP contribution in [0.1, 0.15) is 12.8 Å². The summed E-state index contributed by atoms with van der Waals surface area (Å²) >= 11 is 0. The van der Waals surface area contributed by atoms with Crippen LogP contribution >= 0.6 is 0 Å². The Hall–Kier alpha value is -5.23. The van der Waals surface area contributed by atoms with Gasteiger partial charge in [0.05, 0.1) is 23.8 Å². The van der Waals surface area contributed by atoms with E-state index in [4.69, 9.17) is 11.2 Å². The fourth-order valence-corrected chi connectivity index (χ4v) is 5.44. The molecule has 4 aromatic carbocycles. The lowest BCUT2D eigenvalue weighted by molar-refractivity contribution is 0.482. The number of fused-ring (bicyclic) bond motifs is 3. The number of para-hydroxylation sites is 1. The zero-order valence-electron chi connectivity index (χ0n) is 23.0. The van der Waals surface area contributed by atoms with E-state index in [0.717, 1.165) is 50.0 Å². The van der Waals surface area contributed by atoms with Gasteiger partial charge in [-0.2, -0.15) is 5.10 Å². The van der Waals surface area contributed by atoms with Gasteiger partial charge in [-0.25, -0.2) is 14.1 Å². The average Bonchev–Trinajstić information content (AvgIpc) is 3.46. The molecule has 0 atom stereocenters. The van der Waals surface area contributed by atoms with Gasteiger partial charge in [0.1, 0.15) is 23.1 Å². The summed E-state index contributed by atoms with van der Waals surface area (Å²) in [7, 11) is 0. The minimum atomic E-state index is -0.370. The van der Waals surface area contributed by atoms with Crippen molar-refractivity contribution in [1.29, 1.82) is 0 Å². The second kappa shape index (κ2) is 9.50. The van der Waals surface area contributed by atoms with Gasteiger partial charge in [0.15, 0.2) is 0 Å². The molecule has 194 valence electrons. The highest BCUT2D eigenvalue weighted by Crippen LogP contribution is 2.35. The van der Waals surface area contributed by atoms with Crippen molar-refractivity contribution in [3.05, 3.63) is 133 Å². The molecule has 40 heavy (non-hydrogen) atoms. The summed E-state index contributed by atoms with van der Waals surface area (Å²) in [4.78, 5) is 4.43. The van der Waals surface area contributed by atoms with Gasteiger partial charge in [-0.1, -0.05) is 54.6 Å². The monoisotopic (exact) mass is 525 g/mol. The number of pyridine rings is 1. The van der Waals surface area contributed by atoms with E-state index < -0.39 is 0 Å². The number of hydrogen-bond donors (Lipinski definition) is 0. The Morgan fingerprint density at radius 2 is 1.60 bits per heavy atom. The Kier molecular flexibility index (Phi) is 5.40. The summed E-state index contributed by atoms with van der Waals surface area (Å²) in [5.74, 6) is 1.38. The molecular formula is C34H25FN4O. The zero-order chi connectivity index (χ0) is 28.1. The fraction of sp³-hybridized carbons (Fsp3) is 0.0588. The largest absolute Gasteiger partial charge is 0.457 e. The molecule has 0 aliphatic carbocycles. The summed E-state index contributed by atoms with van der Waals surface area (Å²) in [6.07, 6.45) is 1.45. The highest BCUT2D eigenvalue weighted by molar-refractivity contribution is 6.09. The molecule has 0 aliphatic heterocycles. The third-order valence-corrected chi connectivity index (χ3v) is 7.17. The minimum absolute atomic E-state index is 0.370. The molecule has 0 bridgehead atoms. The van der Waals surface area contributed by atoms with Crippen LogP contribution in [0.5, 0.6) is 11.5 Å². The molecule has 0 amide bonds. The average molecular weight is 526 g/mol.